The molecule has 0 saturated heterocycles. The Morgan fingerprint density at radius 2 is 1.02 bits per heavy atom. The topological polar surface area (TPSA) is 3.24 Å². The van der Waals surface area contributed by atoms with Crippen molar-refractivity contribution in [3.63, 3.8) is 0 Å². The van der Waals surface area contributed by atoms with Gasteiger partial charge in [0.15, 0.2) is 0 Å². The molecule has 1 atom stereocenters. The van der Waals surface area contributed by atoms with Gasteiger partial charge in [-0.15, -0.1) is 0 Å². The first-order valence-corrected chi connectivity index (χ1v) is 22.5. The molecule has 0 amide bonds. The molecule has 0 aliphatic heterocycles. The number of hydrogen-bond donors (Lipinski definition) is 0. The number of anilines is 3. The third kappa shape index (κ3) is 6.23. The second kappa shape index (κ2) is 15.7. The molecule has 0 spiro atoms. The molecule has 0 N–H and O–H groups in total. The van der Waals surface area contributed by atoms with E-state index in [0.717, 1.165) is 29.9 Å². The molecule has 10 aromatic carbocycles. The second-order valence-corrected chi connectivity index (χ2v) is 17.1. The molecule has 0 saturated carbocycles. The summed E-state index contributed by atoms with van der Waals surface area (Å²) in [4.78, 5) is 2.46. The lowest BCUT2D eigenvalue weighted by Gasteiger charge is -2.37. The van der Waals surface area contributed by atoms with Gasteiger partial charge < -0.3 is 4.90 Å². The van der Waals surface area contributed by atoms with Gasteiger partial charge in [-0.3, -0.25) is 0 Å². The Kier molecular flexibility index (Phi) is 9.27. The minimum absolute atomic E-state index is 0.433. The zero-order valence-electron chi connectivity index (χ0n) is 35.5. The fourth-order valence-electron chi connectivity index (χ4n) is 10.7. The fraction of sp³-hybridized carbons (Fsp3) is 0.0476. The van der Waals surface area contributed by atoms with Crippen LogP contribution in [0, 0.1) is 0 Å². The van der Waals surface area contributed by atoms with Gasteiger partial charge in [-0.1, -0.05) is 212 Å². The van der Waals surface area contributed by atoms with Crippen molar-refractivity contribution in [2.24, 2.45) is 0 Å². The minimum atomic E-state index is -0.433. The molecular formula is C63H45N. The zero-order chi connectivity index (χ0) is 42.5. The van der Waals surface area contributed by atoms with Gasteiger partial charge in [0.2, 0.25) is 0 Å². The van der Waals surface area contributed by atoms with Crippen LogP contribution in [0.4, 0.5) is 17.1 Å². The van der Waals surface area contributed by atoms with Gasteiger partial charge in [0.05, 0.1) is 5.41 Å². The molecule has 0 radical (unpaired) electrons. The molecule has 10 aromatic rings. The number of hydrogen-bond acceptors (Lipinski definition) is 1. The summed E-state index contributed by atoms with van der Waals surface area (Å²) in [5, 5.41) is 4.98. The van der Waals surface area contributed by atoms with Crippen LogP contribution in [0.15, 0.2) is 254 Å². The molecule has 1 nitrogen and oxygen atoms in total. The Morgan fingerprint density at radius 3 is 1.84 bits per heavy atom. The van der Waals surface area contributed by atoms with Gasteiger partial charge in [0, 0.05) is 17.1 Å². The highest BCUT2D eigenvalue weighted by Crippen LogP contribution is 2.58. The van der Waals surface area contributed by atoms with Crippen LogP contribution in [0.5, 0.6) is 0 Å². The molecular weight excluding hydrogens is 771 g/mol. The normalized spacial score (nSPS) is 15.2. The molecule has 2 aliphatic rings. The lowest BCUT2D eigenvalue weighted by atomic mass is 9.65. The molecule has 1 heteroatoms. The van der Waals surface area contributed by atoms with E-state index in [1.165, 1.54) is 88.3 Å². The van der Waals surface area contributed by atoms with E-state index in [4.69, 9.17) is 0 Å². The highest BCUT2D eigenvalue weighted by Gasteiger charge is 2.47. The van der Waals surface area contributed by atoms with Gasteiger partial charge in [-0.2, -0.15) is 0 Å². The van der Waals surface area contributed by atoms with E-state index in [0.29, 0.717) is 0 Å². The van der Waals surface area contributed by atoms with Crippen molar-refractivity contribution in [1.29, 1.82) is 0 Å². The first-order chi connectivity index (χ1) is 31.7. The lowest BCUT2D eigenvalue weighted by molar-refractivity contribution is 0.693. The first kappa shape index (κ1) is 37.7. The molecule has 2 aliphatic carbocycles. The summed E-state index contributed by atoms with van der Waals surface area (Å²) in [5.74, 6) is 0. The summed E-state index contributed by atoms with van der Waals surface area (Å²) >= 11 is 0. The zero-order valence-corrected chi connectivity index (χ0v) is 35.5. The smallest absolute Gasteiger partial charge is 0.0677 e. The van der Waals surface area contributed by atoms with E-state index in [2.05, 4.69) is 254 Å². The van der Waals surface area contributed by atoms with Gasteiger partial charge in [0.1, 0.15) is 0 Å². The van der Waals surface area contributed by atoms with Crippen LogP contribution >= 0.6 is 0 Å². The molecule has 0 fully saturated rings. The van der Waals surface area contributed by atoms with Crippen molar-refractivity contribution in [3.8, 4) is 44.5 Å². The summed E-state index contributed by atoms with van der Waals surface area (Å²) in [6.07, 6.45) is 8.98. The standard InChI is InChI=1S/C63H45N/c1-4-19-47(20-5-1)62-56-28-13-12-18-46(56)35-39-57(62)50-22-16-27-54(42-50)64(53-36-33-45(34-37-53)49-32-31-44-17-10-11-21-48(44)41-49)55-38-40-59-58-29-14-15-30-60(58)63(61(59)43-55,51-23-6-2-7-24-51)52-25-8-3-9-26-52/h1-8,10-25,27-43H,9,26H2. The number of rotatable bonds is 8. The Balaban J connectivity index is 1.07. The SMILES string of the molecule is C1=CCCC(C2(c3ccccc3)c3ccccc3-c3ccc(N(c4ccc(-c5ccc6ccccc6c5)cc4)c4cccc(-c5ccc6ccccc6c5-c5ccccc5)c4)cc32)=C1. The lowest BCUT2D eigenvalue weighted by Crippen LogP contribution is -2.30. The van der Waals surface area contributed by atoms with Crippen LogP contribution < -0.4 is 4.90 Å². The summed E-state index contributed by atoms with van der Waals surface area (Å²) < 4.78 is 0. The van der Waals surface area contributed by atoms with Crippen LogP contribution in [0.2, 0.25) is 0 Å². The van der Waals surface area contributed by atoms with Crippen molar-refractivity contribution in [1.82, 2.24) is 0 Å². The molecule has 1 unspecified atom stereocenters. The van der Waals surface area contributed by atoms with E-state index in [-0.39, 0.29) is 0 Å². The molecule has 0 heterocycles. The molecule has 0 aromatic heterocycles. The highest BCUT2D eigenvalue weighted by molar-refractivity contribution is 6.04. The van der Waals surface area contributed by atoms with Crippen molar-refractivity contribution in [3.05, 3.63) is 271 Å². The Hall–Kier alpha value is -8.00. The second-order valence-electron chi connectivity index (χ2n) is 17.1. The summed E-state index contributed by atoms with van der Waals surface area (Å²) in [7, 11) is 0. The third-order valence-electron chi connectivity index (χ3n) is 13.6. The largest absolute Gasteiger partial charge is 0.310 e. The minimum Gasteiger partial charge on any atom is -0.310 e. The first-order valence-electron chi connectivity index (χ1n) is 22.5. The van der Waals surface area contributed by atoms with Crippen molar-refractivity contribution >= 4 is 38.6 Å². The summed E-state index contributed by atoms with van der Waals surface area (Å²) in [6, 6.07) is 85.3. The molecule has 64 heavy (non-hydrogen) atoms. The predicted molar refractivity (Wildman–Crippen MR) is 271 cm³/mol. The van der Waals surface area contributed by atoms with Gasteiger partial charge >= 0.3 is 0 Å². The summed E-state index contributed by atoms with van der Waals surface area (Å²) in [5.41, 5.74) is 18.2. The molecule has 302 valence electrons. The molecule has 12 rings (SSSR count). The van der Waals surface area contributed by atoms with E-state index in [1.54, 1.807) is 0 Å². The molecule has 0 bridgehead atoms. The maximum Gasteiger partial charge on any atom is 0.0677 e. The number of nitrogens with zero attached hydrogens (tertiary/aromatic N) is 1. The third-order valence-corrected chi connectivity index (χ3v) is 13.6. The van der Waals surface area contributed by atoms with Crippen LogP contribution in [0.1, 0.15) is 29.5 Å². The van der Waals surface area contributed by atoms with Crippen molar-refractivity contribution in [2.75, 3.05) is 4.90 Å². The summed E-state index contributed by atoms with van der Waals surface area (Å²) in [6.45, 7) is 0. The number of fused-ring (bicyclic) bond motifs is 5. The fourth-order valence-corrected chi connectivity index (χ4v) is 10.7. The van der Waals surface area contributed by atoms with Crippen LogP contribution in [0.25, 0.3) is 66.1 Å². The highest BCUT2D eigenvalue weighted by atomic mass is 15.1. The number of allylic oxidation sites excluding steroid dienone is 4. The van der Waals surface area contributed by atoms with Crippen LogP contribution in [-0.4, -0.2) is 0 Å². The van der Waals surface area contributed by atoms with Gasteiger partial charge in [-0.25, -0.2) is 0 Å². The van der Waals surface area contributed by atoms with Gasteiger partial charge in [-0.05, 0) is 138 Å². The average molecular weight is 816 g/mol. The Labute approximate surface area is 375 Å². The van der Waals surface area contributed by atoms with Gasteiger partial charge in [0.25, 0.3) is 0 Å². The Bertz CT molecular complexity index is 3430. The monoisotopic (exact) mass is 815 g/mol. The maximum atomic E-state index is 2.50. The van der Waals surface area contributed by atoms with Crippen molar-refractivity contribution in [2.45, 2.75) is 18.3 Å². The van der Waals surface area contributed by atoms with E-state index >= 15 is 0 Å². The number of benzene rings is 10. The predicted octanol–water partition coefficient (Wildman–Crippen LogP) is 17.1. The quantitative estimate of drug-likeness (QED) is 0.148. The van der Waals surface area contributed by atoms with Crippen LogP contribution in [0.3, 0.4) is 0 Å². The Morgan fingerprint density at radius 1 is 0.375 bits per heavy atom. The average Bonchev–Trinajstić information content (AvgIpc) is 3.67. The van der Waals surface area contributed by atoms with E-state index in [9.17, 15) is 0 Å². The van der Waals surface area contributed by atoms with Crippen LogP contribution in [-0.2, 0) is 5.41 Å². The van der Waals surface area contributed by atoms with E-state index in [1.807, 2.05) is 0 Å². The maximum absolute atomic E-state index is 2.50. The van der Waals surface area contributed by atoms with E-state index < -0.39 is 5.41 Å². The van der Waals surface area contributed by atoms with Crippen molar-refractivity contribution < 1.29 is 0 Å².